The Bertz CT molecular complexity index is 360. The third-order valence-electron chi connectivity index (χ3n) is 1.84. The van der Waals surface area contributed by atoms with E-state index in [9.17, 15) is 9.59 Å². The van der Waals surface area contributed by atoms with E-state index in [1.54, 1.807) is 13.8 Å². The van der Waals surface area contributed by atoms with Crippen LogP contribution in [0.3, 0.4) is 0 Å². The standard InChI is InChI=1S/C10H10N2O4/c1-3-7(9(13)15-5-11)8(4-2)10(14)16-6-12/h3-4H2,1-2H3/b8-7+. The molecule has 0 spiro atoms. The van der Waals surface area contributed by atoms with Gasteiger partial charge < -0.3 is 9.47 Å². The summed E-state index contributed by atoms with van der Waals surface area (Å²) in [6.45, 7) is 3.26. The fourth-order valence-corrected chi connectivity index (χ4v) is 1.17. The van der Waals surface area contributed by atoms with Crippen LogP contribution in [0.4, 0.5) is 0 Å². The summed E-state index contributed by atoms with van der Waals surface area (Å²) in [5.41, 5.74) is 0.0913. The Kier molecular flexibility index (Phi) is 5.99. The number of carbonyl (C=O) groups excluding carboxylic acids is 2. The number of hydrogen-bond acceptors (Lipinski definition) is 6. The molecule has 0 N–H and O–H groups in total. The van der Waals surface area contributed by atoms with Crippen molar-refractivity contribution < 1.29 is 19.1 Å². The van der Waals surface area contributed by atoms with Crippen molar-refractivity contribution in [2.75, 3.05) is 0 Å². The molecule has 16 heavy (non-hydrogen) atoms. The second-order valence-electron chi connectivity index (χ2n) is 2.63. The zero-order valence-corrected chi connectivity index (χ0v) is 8.94. The van der Waals surface area contributed by atoms with Crippen LogP contribution in [0.25, 0.3) is 0 Å². The average Bonchev–Trinajstić information content (AvgIpc) is 2.25. The van der Waals surface area contributed by atoms with Crippen LogP contribution < -0.4 is 0 Å². The summed E-state index contributed by atoms with van der Waals surface area (Å²) < 4.78 is 8.25. The molecule has 0 amide bonds. The molecule has 0 aromatic carbocycles. The van der Waals surface area contributed by atoms with Crippen LogP contribution in [0.2, 0.25) is 0 Å². The lowest BCUT2D eigenvalue weighted by Gasteiger charge is -2.06. The molecule has 0 saturated carbocycles. The van der Waals surface area contributed by atoms with E-state index < -0.39 is 11.9 Å². The number of carbonyl (C=O) groups is 2. The third-order valence-corrected chi connectivity index (χ3v) is 1.84. The highest BCUT2D eigenvalue weighted by atomic mass is 16.5. The molecule has 84 valence electrons. The minimum absolute atomic E-state index is 0.0456. The zero-order valence-electron chi connectivity index (χ0n) is 8.94. The molecule has 0 saturated heterocycles. The van der Waals surface area contributed by atoms with Crippen LogP contribution in [-0.4, -0.2) is 11.9 Å². The molecular formula is C10H10N2O4. The predicted molar refractivity (Wildman–Crippen MR) is 51.0 cm³/mol. The highest BCUT2D eigenvalue weighted by Gasteiger charge is 2.21. The number of hydrogen-bond donors (Lipinski definition) is 0. The number of esters is 2. The van der Waals surface area contributed by atoms with Gasteiger partial charge in [0.2, 0.25) is 0 Å². The van der Waals surface area contributed by atoms with Crippen LogP contribution in [0.15, 0.2) is 11.1 Å². The van der Waals surface area contributed by atoms with Crippen molar-refractivity contribution in [3.05, 3.63) is 11.1 Å². The van der Waals surface area contributed by atoms with E-state index >= 15 is 0 Å². The Hall–Kier alpha value is -2.34. The predicted octanol–water partition coefficient (Wildman–Crippen LogP) is 1.15. The van der Waals surface area contributed by atoms with E-state index in [1.807, 2.05) is 0 Å². The maximum Gasteiger partial charge on any atom is 0.349 e. The van der Waals surface area contributed by atoms with Gasteiger partial charge in [0.05, 0.1) is 0 Å². The van der Waals surface area contributed by atoms with Crippen molar-refractivity contribution in [1.82, 2.24) is 0 Å². The smallest absolute Gasteiger partial charge is 0.347 e. The van der Waals surface area contributed by atoms with Crippen LogP contribution >= 0.6 is 0 Å². The maximum absolute atomic E-state index is 11.3. The van der Waals surface area contributed by atoms with Crippen LogP contribution in [0.5, 0.6) is 0 Å². The summed E-state index contributed by atoms with van der Waals surface area (Å²) in [6.07, 6.45) is 2.89. The normalized spacial score (nSPS) is 10.5. The molecule has 0 rings (SSSR count). The summed E-state index contributed by atoms with van der Waals surface area (Å²) in [4.78, 5) is 22.6. The summed E-state index contributed by atoms with van der Waals surface area (Å²) in [7, 11) is 0. The van der Waals surface area contributed by atoms with E-state index in [1.165, 1.54) is 12.5 Å². The van der Waals surface area contributed by atoms with Gasteiger partial charge in [0, 0.05) is 11.1 Å². The monoisotopic (exact) mass is 222 g/mol. The lowest BCUT2D eigenvalue weighted by atomic mass is 10.0. The molecule has 0 aliphatic rings. The largest absolute Gasteiger partial charge is 0.349 e. The van der Waals surface area contributed by atoms with Crippen molar-refractivity contribution in [2.45, 2.75) is 26.7 Å². The lowest BCUT2D eigenvalue weighted by Crippen LogP contribution is -2.13. The number of rotatable bonds is 4. The molecule has 0 heterocycles. The fourth-order valence-electron chi connectivity index (χ4n) is 1.17. The summed E-state index contributed by atoms with van der Waals surface area (Å²) in [5.74, 6) is -1.78. The minimum atomic E-state index is -0.892. The SMILES string of the molecule is CC/C(C(=O)OC#N)=C(/CC)C(=O)OC#N. The Balaban J connectivity index is 5.23. The Morgan fingerprint density at radius 1 is 0.938 bits per heavy atom. The molecule has 0 unspecified atom stereocenters. The Morgan fingerprint density at radius 3 is 1.44 bits per heavy atom. The van der Waals surface area contributed by atoms with Gasteiger partial charge in [0.15, 0.2) is 0 Å². The molecule has 0 fully saturated rings. The highest BCUT2D eigenvalue weighted by Crippen LogP contribution is 2.15. The molecular weight excluding hydrogens is 212 g/mol. The topological polar surface area (TPSA) is 100 Å². The van der Waals surface area contributed by atoms with E-state index in [0.717, 1.165) is 0 Å². The first-order valence-electron chi connectivity index (χ1n) is 4.54. The van der Waals surface area contributed by atoms with Gasteiger partial charge in [-0.05, 0) is 12.8 Å². The van der Waals surface area contributed by atoms with Crippen LogP contribution in [0.1, 0.15) is 26.7 Å². The minimum Gasteiger partial charge on any atom is -0.347 e. The lowest BCUT2D eigenvalue weighted by molar-refractivity contribution is -0.136. The molecule has 0 aliphatic carbocycles. The molecule has 6 nitrogen and oxygen atoms in total. The number of ether oxygens (including phenoxy) is 2. The molecule has 6 heteroatoms. The van der Waals surface area contributed by atoms with Crippen LogP contribution in [-0.2, 0) is 19.1 Å². The molecule has 0 aliphatic heterocycles. The van der Waals surface area contributed by atoms with E-state index in [4.69, 9.17) is 10.5 Å². The maximum atomic E-state index is 11.3. The zero-order chi connectivity index (χ0) is 12.6. The van der Waals surface area contributed by atoms with Gasteiger partial charge in [0.1, 0.15) is 0 Å². The van der Waals surface area contributed by atoms with Gasteiger partial charge in [-0.1, -0.05) is 13.8 Å². The van der Waals surface area contributed by atoms with Crippen LogP contribution in [0, 0.1) is 23.0 Å². The van der Waals surface area contributed by atoms with Crippen molar-refractivity contribution in [3.63, 3.8) is 0 Å². The highest BCUT2D eigenvalue weighted by molar-refractivity contribution is 6.00. The van der Waals surface area contributed by atoms with E-state index in [-0.39, 0.29) is 24.0 Å². The molecule has 0 aromatic rings. The Morgan fingerprint density at radius 2 is 1.25 bits per heavy atom. The van der Waals surface area contributed by atoms with Gasteiger partial charge in [-0.3, -0.25) is 0 Å². The van der Waals surface area contributed by atoms with Gasteiger partial charge in [-0.25, -0.2) is 9.59 Å². The molecule has 0 aromatic heterocycles. The first kappa shape index (κ1) is 13.7. The average molecular weight is 222 g/mol. The van der Waals surface area contributed by atoms with Gasteiger partial charge in [-0.2, -0.15) is 0 Å². The summed E-state index contributed by atoms with van der Waals surface area (Å²) >= 11 is 0. The Labute approximate surface area is 92.7 Å². The second kappa shape index (κ2) is 7.02. The van der Waals surface area contributed by atoms with E-state index in [0.29, 0.717) is 0 Å². The number of nitrogens with zero attached hydrogens (tertiary/aromatic N) is 2. The first-order valence-corrected chi connectivity index (χ1v) is 4.54. The molecule has 0 atom stereocenters. The quantitative estimate of drug-likeness (QED) is 0.401. The second-order valence-corrected chi connectivity index (χ2v) is 2.63. The van der Waals surface area contributed by atoms with Gasteiger partial charge in [-0.15, -0.1) is 10.5 Å². The van der Waals surface area contributed by atoms with Crippen molar-refractivity contribution >= 4 is 11.9 Å². The summed E-state index contributed by atoms with van der Waals surface area (Å²) in [6, 6.07) is 0. The summed E-state index contributed by atoms with van der Waals surface area (Å²) in [5, 5.41) is 16.4. The van der Waals surface area contributed by atoms with Crippen molar-refractivity contribution in [3.8, 4) is 12.5 Å². The van der Waals surface area contributed by atoms with Crippen molar-refractivity contribution in [1.29, 1.82) is 10.5 Å². The van der Waals surface area contributed by atoms with Gasteiger partial charge in [0.25, 0.3) is 12.5 Å². The fraction of sp³-hybridized carbons (Fsp3) is 0.400. The number of nitriles is 2. The van der Waals surface area contributed by atoms with Crippen molar-refractivity contribution in [2.24, 2.45) is 0 Å². The molecule has 0 bridgehead atoms. The van der Waals surface area contributed by atoms with Gasteiger partial charge >= 0.3 is 11.9 Å². The first-order chi connectivity index (χ1) is 7.62. The molecule has 0 radical (unpaired) electrons. The van der Waals surface area contributed by atoms with E-state index in [2.05, 4.69) is 9.47 Å². The third kappa shape index (κ3) is 3.43.